The molecule has 33 heavy (non-hydrogen) atoms. The topological polar surface area (TPSA) is 71.2 Å². The smallest absolute Gasteiger partial charge is 0.266 e. The molecule has 4 heterocycles. The van der Waals surface area contributed by atoms with E-state index in [9.17, 15) is 0 Å². The molecule has 4 aliphatic rings. The first-order valence-electron chi connectivity index (χ1n) is 12.0. The lowest BCUT2D eigenvalue weighted by atomic mass is 9.93. The maximum Gasteiger partial charge on any atom is 0.266 e. The molecule has 1 aromatic carbocycles. The number of nitrogens with zero attached hydrogens (tertiary/aromatic N) is 6. The molecule has 7 nitrogen and oxygen atoms in total. The lowest BCUT2D eigenvalue weighted by Crippen LogP contribution is -2.34. The van der Waals surface area contributed by atoms with Gasteiger partial charge in [0.05, 0.1) is 11.3 Å². The van der Waals surface area contributed by atoms with Gasteiger partial charge in [0.2, 0.25) is 11.8 Å². The summed E-state index contributed by atoms with van der Waals surface area (Å²) in [5.74, 6) is 3.46. The first kappa shape index (κ1) is 20.2. The van der Waals surface area contributed by atoms with Crippen LogP contribution in [0, 0.1) is 27.7 Å². The average molecular weight is 554 g/mol. The fourth-order valence-electron chi connectivity index (χ4n) is 5.65. The van der Waals surface area contributed by atoms with Gasteiger partial charge in [0.25, 0.3) is 5.89 Å². The van der Waals surface area contributed by atoms with E-state index < -0.39 is 0 Å². The predicted octanol–water partition coefficient (Wildman–Crippen LogP) is 4.94. The van der Waals surface area contributed by atoms with Crippen molar-refractivity contribution in [3.05, 3.63) is 33.5 Å². The quantitative estimate of drug-likeness (QED) is 0.423. The Labute approximate surface area is 207 Å². The highest BCUT2D eigenvalue weighted by molar-refractivity contribution is 14.1. The van der Waals surface area contributed by atoms with Crippen molar-refractivity contribution in [2.75, 3.05) is 36.0 Å². The molecule has 0 amide bonds. The number of benzene rings is 1. The zero-order valence-electron chi connectivity index (χ0n) is 18.8. The maximum atomic E-state index is 6.22. The van der Waals surface area contributed by atoms with Gasteiger partial charge < -0.3 is 14.2 Å². The summed E-state index contributed by atoms with van der Waals surface area (Å²) >= 11 is 2.39. The molecule has 2 saturated carbocycles. The van der Waals surface area contributed by atoms with Gasteiger partial charge in [0.1, 0.15) is 5.69 Å². The summed E-state index contributed by atoms with van der Waals surface area (Å²) in [7, 11) is 0. The zero-order chi connectivity index (χ0) is 22.2. The molecular weight excluding hydrogens is 527 g/mol. The molecule has 2 aliphatic carbocycles. The summed E-state index contributed by atoms with van der Waals surface area (Å²) in [6, 6.07) is 8.41. The van der Waals surface area contributed by atoms with E-state index in [-0.39, 0.29) is 0 Å². The monoisotopic (exact) mass is 554 g/mol. The number of fused-ring (bicyclic) bond motifs is 1. The van der Waals surface area contributed by atoms with Crippen LogP contribution in [0.3, 0.4) is 0 Å². The molecule has 0 radical (unpaired) electrons. The van der Waals surface area contributed by atoms with Crippen molar-refractivity contribution in [2.45, 2.75) is 39.0 Å². The largest absolute Gasteiger partial charge is 0.415 e. The third-order valence-corrected chi connectivity index (χ3v) is 8.73. The van der Waals surface area contributed by atoms with Crippen LogP contribution in [0.1, 0.15) is 37.8 Å². The molecule has 0 N–H and O–H groups in total. The minimum atomic E-state index is 0.459. The molecule has 170 valence electrons. The van der Waals surface area contributed by atoms with Crippen LogP contribution in [-0.4, -0.2) is 46.3 Å². The van der Waals surface area contributed by atoms with Crippen LogP contribution >= 0.6 is 22.6 Å². The van der Waals surface area contributed by atoms with E-state index in [4.69, 9.17) is 9.40 Å². The molecule has 1 spiro atoms. The molecule has 8 heteroatoms. The molecule has 7 rings (SSSR count). The highest BCUT2D eigenvalue weighted by Crippen LogP contribution is 2.54. The SMILES string of the molecule is Cc1cc(-c2nnc(-c3ccc(I)cc3N3CCC4(CC3)CC4)o2)nc(N2CC3CC3C2)n1. The van der Waals surface area contributed by atoms with Crippen LogP contribution in [0.15, 0.2) is 28.7 Å². The van der Waals surface area contributed by atoms with Gasteiger partial charge in [-0.2, -0.15) is 0 Å². The van der Waals surface area contributed by atoms with E-state index in [2.05, 4.69) is 65.8 Å². The van der Waals surface area contributed by atoms with Crippen molar-refractivity contribution in [3.8, 4) is 23.0 Å². The molecule has 0 bridgehead atoms. The Kier molecular flexibility index (Phi) is 4.51. The minimum Gasteiger partial charge on any atom is -0.415 e. The first-order valence-corrected chi connectivity index (χ1v) is 13.1. The zero-order valence-corrected chi connectivity index (χ0v) is 21.0. The number of hydrogen-bond acceptors (Lipinski definition) is 7. The van der Waals surface area contributed by atoms with E-state index in [1.807, 2.05) is 13.0 Å². The Hall–Kier alpha value is -2.23. The highest BCUT2D eigenvalue weighted by Gasteiger charge is 2.46. The number of hydrogen-bond donors (Lipinski definition) is 0. The van der Waals surface area contributed by atoms with Crippen LogP contribution in [0.25, 0.3) is 23.0 Å². The number of aromatic nitrogens is 4. The summed E-state index contributed by atoms with van der Waals surface area (Å²) in [4.78, 5) is 14.3. The van der Waals surface area contributed by atoms with E-state index in [1.165, 1.54) is 41.4 Å². The molecule has 2 atom stereocenters. The second-order valence-corrected chi connectivity index (χ2v) is 11.7. The Morgan fingerprint density at radius 2 is 1.70 bits per heavy atom. The fourth-order valence-corrected chi connectivity index (χ4v) is 6.12. The van der Waals surface area contributed by atoms with Crippen LogP contribution in [0.5, 0.6) is 0 Å². The minimum absolute atomic E-state index is 0.459. The number of halogens is 1. The van der Waals surface area contributed by atoms with Crippen LogP contribution in [0.4, 0.5) is 11.6 Å². The van der Waals surface area contributed by atoms with Crippen LogP contribution < -0.4 is 9.80 Å². The molecule has 2 unspecified atom stereocenters. The van der Waals surface area contributed by atoms with Crippen molar-refractivity contribution >= 4 is 34.2 Å². The molecule has 3 aromatic rings. The van der Waals surface area contributed by atoms with Crippen LogP contribution in [0.2, 0.25) is 0 Å². The third-order valence-electron chi connectivity index (χ3n) is 8.06. The first-order chi connectivity index (χ1) is 16.1. The summed E-state index contributed by atoms with van der Waals surface area (Å²) in [5, 5.41) is 8.84. The van der Waals surface area contributed by atoms with Crippen molar-refractivity contribution in [1.82, 2.24) is 20.2 Å². The van der Waals surface area contributed by atoms with Gasteiger partial charge >= 0.3 is 0 Å². The number of anilines is 2. The van der Waals surface area contributed by atoms with Crippen molar-refractivity contribution in [3.63, 3.8) is 0 Å². The van der Waals surface area contributed by atoms with Gasteiger partial charge in [-0.3, -0.25) is 0 Å². The van der Waals surface area contributed by atoms with E-state index in [0.29, 0.717) is 22.9 Å². The summed E-state index contributed by atoms with van der Waals surface area (Å²) in [6.45, 7) is 6.32. The van der Waals surface area contributed by atoms with Gasteiger partial charge in [0, 0.05) is 35.4 Å². The number of aryl methyl sites for hydroxylation is 1. The average Bonchev–Trinajstić information content (AvgIpc) is 3.63. The maximum absolute atomic E-state index is 6.22. The lowest BCUT2D eigenvalue weighted by Gasteiger charge is -2.34. The Morgan fingerprint density at radius 3 is 2.45 bits per heavy atom. The third kappa shape index (κ3) is 3.70. The standard InChI is InChI=1S/C25H27IN6O/c1-15-10-20(28-24(27-15)32-13-16-11-17(16)14-32)23-30-29-22(33-23)19-3-2-18(26)12-21(19)31-8-6-25(4-5-25)7-9-31/h2-3,10,12,16-17H,4-9,11,13-14H2,1H3. The van der Waals surface area contributed by atoms with E-state index in [0.717, 1.165) is 55.2 Å². The van der Waals surface area contributed by atoms with Gasteiger partial charge in [-0.05, 0) is 103 Å². The molecule has 2 aromatic heterocycles. The Morgan fingerprint density at radius 1 is 0.939 bits per heavy atom. The van der Waals surface area contributed by atoms with Gasteiger partial charge in [0.15, 0.2) is 0 Å². The predicted molar refractivity (Wildman–Crippen MR) is 135 cm³/mol. The Bertz CT molecular complexity index is 1220. The highest BCUT2D eigenvalue weighted by atomic mass is 127. The summed E-state index contributed by atoms with van der Waals surface area (Å²) in [6.07, 6.45) is 6.75. The van der Waals surface area contributed by atoms with Crippen LogP contribution in [-0.2, 0) is 0 Å². The molecule has 2 aliphatic heterocycles. The van der Waals surface area contributed by atoms with Gasteiger partial charge in [-0.25, -0.2) is 9.97 Å². The van der Waals surface area contributed by atoms with Crippen molar-refractivity contribution < 1.29 is 4.42 Å². The normalized spacial score (nSPS) is 24.9. The van der Waals surface area contributed by atoms with Crippen molar-refractivity contribution in [2.24, 2.45) is 17.3 Å². The number of piperidine rings is 2. The molecule has 2 saturated heterocycles. The second kappa shape index (κ2) is 7.38. The Balaban J connectivity index is 1.19. The fraction of sp³-hybridized carbons (Fsp3) is 0.520. The number of rotatable bonds is 4. The van der Waals surface area contributed by atoms with Crippen molar-refractivity contribution in [1.29, 1.82) is 0 Å². The molecule has 4 fully saturated rings. The molecular formula is C25H27IN6O. The lowest BCUT2D eigenvalue weighted by molar-refractivity contribution is 0.384. The van der Waals surface area contributed by atoms with E-state index in [1.54, 1.807) is 0 Å². The summed E-state index contributed by atoms with van der Waals surface area (Å²) < 4.78 is 7.44. The van der Waals surface area contributed by atoms with E-state index >= 15 is 0 Å². The van der Waals surface area contributed by atoms with Gasteiger partial charge in [-0.15, -0.1) is 10.2 Å². The van der Waals surface area contributed by atoms with Gasteiger partial charge in [-0.1, -0.05) is 0 Å². The summed E-state index contributed by atoms with van der Waals surface area (Å²) in [5.41, 5.74) is 4.48. The second-order valence-electron chi connectivity index (χ2n) is 10.4.